The first kappa shape index (κ1) is 16.8. The monoisotopic (exact) mass is 367 g/mol. The molecule has 6 nitrogen and oxygen atoms in total. The Hall–Kier alpha value is -2.67. The maximum Gasteiger partial charge on any atom is 0.317 e. The van der Waals surface area contributed by atoms with Crippen molar-refractivity contribution in [3.63, 3.8) is 0 Å². The van der Waals surface area contributed by atoms with E-state index in [-0.39, 0.29) is 6.03 Å². The van der Waals surface area contributed by atoms with E-state index in [9.17, 15) is 4.79 Å². The molecular formula is C19H21N5OS. The average Bonchev–Trinajstić information content (AvgIpc) is 3.25. The molecule has 3 aromatic rings. The highest BCUT2D eigenvalue weighted by atomic mass is 32.1. The van der Waals surface area contributed by atoms with Crippen LogP contribution in [0.1, 0.15) is 27.4 Å². The molecule has 0 aromatic carbocycles. The summed E-state index contributed by atoms with van der Waals surface area (Å²) in [6.07, 6.45) is 2.73. The molecule has 1 aliphatic heterocycles. The van der Waals surface area contributed by atoms with Crippen LogP contribution in [0.5, 0.6) is 0 Å². The van der Waals surface area contributed by atoms with Gasteiger partial charge in [0.05, 0.1) is 5.69 Å². The lowest BCUT2D eigenvalue weighted by Gasteiger charge is -2.27. The minimum atomic E-state index is -0.0236. The number of aromatic nitrogens is 3. The number of amides is 2. The van der Waals surface area contributed by atoms with Gasteiger partial charge in [-0.2, -0.15) is 5.10 Å². The Morgan fingerprint density at radius 2 is 2.19 bits per heavy atom. The largest absolute Gasteiger partial charge is 0.334 e. The number of aryl methyl sites for hydroxylation is 2. The molecule has 0 bridgehead atoms. The molecule has 0 aliphatic carbocycles. The average molecular weight is 367 g/mol. The van der Waals surface area contributed by atoms with E-state index >= 15 is 0 Å². The fraction of sp³-hybridized carbons (Fsp3) is 0.316. The second kappa shape index (κ2) is 6.92. The van der Waals surface area contributed by atoms with Crippen LogP contribution < -0.4 is 5.32 Å². The topological polar surface area (TPSA) is 63.1 Å². The maximum absolute atomic E-state index is 12.4. The van der Waals surface area contributed by atoms with Crippen LogP contribution in [0, 0.1) is 13.8 Å². The fourth-order valence-electron chi connectivity index (χ4n) is 3.22. The zero-order chi connectivity index (χ0) is 18.1. The van der Waals surface area contributed by atoms with Crippen LogP contribution in [0.4, 0.5) is 4.79 Å². The first-order valence-corrected chi connectivity index (χ1v) is 9.55. The van der Waals surface area contributed by atoms with Gasteiger partial charge in [0.25, 0.3) is 0 Å². The summed E-state index contributed by atoms with van der Waals surface area (Å²) < 4.78 is 1.82. The van der Waals surface area contributed by atoms with E-state index in [0.29, 0.717) is 13.1 Å². The molecule has 3 aromatic heterocycles. The number of carbonyl (C=O) groups excluding carboxylic acids is 1. The fourth-order valence-corrected chi connectivity index (χ4v) is 4.11. The minimum Gasteiger partial charge on any atom is -0.334 e. The molecule has 1 N–H and O–H groups in total. The summed E-state index contributed by atoms with van der Waals surface area (Å²) in [6.45, 7) is 5.91. The summed E-state index contributed by atoms with van der Waals surface area (Å²) >= 11 is 1.78. The molecule has 26 heavy (non-hydrogen) atoms. The van der Waals surface area contributed by atoms with Gasteiger partial charge in [-0.3, -0.25) is 0 Å². The zero-order valence-corrected chi connectivity index (χ0v) is 15.7. The van der Waals surface area contributed by atoms with Crippen LogP contribution in [0.2, 0.25) is 0 Å². The predicted octanol–water partition coefficient (Wildman–Crippen LogP) is 3.21. The van der Waals surface area contributed by atoms with E-state index in [0.717, 1.165) is 35.7 Å². The van der Waals surface area contributed by atoms with Gasteiger partial charge in [-0.15, -0.1) is 11.3 Å². The molecule has 0 saturated heterocycles. The number of nitrogens with one attached hydrogen (secondary N) is 1. The Kier molecular flexibility index (Phi) is 4.46. The van der Waals surface area contributed by atoms with Gasteiger partial charge >= 0.3 is 6.03 Å². The second-order valence-corrected chi connectivity index (χ2v) is 7.56. The van der Waals surface area contributed by atoms with Crippen molar-refractivity contribution in [2.24, 2.45) is 0 Å². The van der Waals surface area contributed by atoms with Gasteiger partial charge in [-0.05, 0) is 55.0 Å². The van der Waals surface area contributed by atoms with Gasteiger partial charge in [0.15, 0.2) is 5.82 Å². The lowest BCUT2D eigenvalue weighted by atomic mass is 10.1. The van der Waals surface area contributed by atoms with Crippen molar-refractivity contribution in [3.05, 3.63) is 63.2 Å². The van der Waals surface area contributed by atoms with E-state index < -0.39 is 0 Å². The highest BCUT2D eigenvalue weighted by Gasteiger charge is 2.21. The van der Waals surface area contributed by atoms with Gasteiger partial charge in [0, 0.05) is 36.4 Å². The summed E-state index contributed by atoms with van der Waals surface area (Å²) in [7, 11) is 0. The van der Waals surface area contributed by atoms with Gasteiger partial charge in [0.1, 0.15) is 0 Å². The van der Waals surface area contributed by atoms with Crippen molar-refractivity contribution >= 4 is 17.4 Å². The summed E-state index contributed by atoms with van der Waals surface area (Å²) in [4.78, 5) is 20.2. The van der Waals surface area contributed by atoms with Crippen molar-refractivity contribution in [2.75, 3.05) is 6.54 Å². The number of nitrogens with zero attached hydrogens (tertiary/aromatic N) is 4. The summed E-state index contributed by atoms with van der Waals surface area (Å²) in [5.41, 5.74) is 4.26. The quantitative estimate of drug-likeness (QED) is 0.773. The van der Waals surface area contributed by atoms with Gasteiger partial charge < -0.3 is 10.2 Å². The van der Waals surface area contributed by atoms with Gasteiger partial charge in [-0.25, -0.2) is 14.5 Å². The van der Waals surface area contributed by atoms with E-state index in [2.05, 4.69) is 26.8 Å². The molecule has 134 valence electrons. The predicted molar refractivity (Wildman–Crippen MR) is 102 cm³/mol. The van der Waals surface area contributed by atoms with Crippen molar-refractivity contribution in [1.82, 2.24) is 25.0 Å². The molecular weight excluding hydrogens is 346 g/mol. The first-order valence-electron chi connectivity index (χ1n) is 8.67. The molecule has 0 fully saturated rings. The normalized spacial score (nSPS) is 13.5. The highest BCUT2D eigenvalue weighted by Crippen LogP contribution is 2.23. The Labute approximate surface area is 156 Å². The van der Waals surface area contributed by atoms with E-state index in [4.69, 9.17) is 0 Å². The zero-order valence-electron chi connectivity index (χ0n) is 14.9. The van der Waals surface area contributed by atoms with Crippen LogP contribution in [-0.2, 0) is 19.5 Å². The van der Waals surface area contributed by atoms with Crippen molar-refractivity contribution in [1.29, 1.82) is 0 Å². The second-order valence-electron chi connectivity index (χ2n) is 6.56. The van der Waals surface area contributed by atoms with Crippen LogP contribution in [0.3, 0.4) is 0 Å². The number of pyridine rings is 1. The van der Waals surface area contributed by atoms with E-state index in [1.54, 1.807) is 17.5 Å². The standard InChI is InChI=1S/C19H21N5OS/c1-13-9-14(2)24(22-13)18-4-3-15(10-20-18)11-21-19(25)23-7-5-17-16(12-23)6-8-26-17/h3-4,6,8-10H,5,7,11-12H2,1-2H3,(H,21,25). The van der Waals surface area contributed by atoms with Crippen molar-refractivity contribution < 1.29 is 4.79 Å². The summed E-state index contributed by atoms with van der Waals surface area (Å²) in [5.74, 6) is 0.784. The molecule has 0 radical (unpaired) electrons. The molecule has 0 saturated carbocycles. The Balaban J connectivity index is 1.36. The van der Waals surface area contributed by atoms with Crippen LogP contribution in [0.15, 0.2) is 35.8 Å². The first-order chi connectivity index (χ1) is 12.6. The highest BCUT2D eigenvalue weighted by molar-refractivity contribution is 7.10. The number of fused-ring (bicyclic) bond motifs is 1. The van der Waals surface area contributed by atoms with Gasteiger partial charge in [-0.1, -0.05) is 6.07 Å². The number of thiophene rings is 1. The third-order valence-corrected chi connectivity index (χ3v) is 5.60. The SMILES string of the molecule is Cc1cc(C)n(-c2ccc(CNC(=O)N3CCc4sccc4C3)cn2)n1. The lowest BCUT2D eigenvalue weighted by Crippen LogP contribution is -2.42. The molecule has 0 atom stereocenters. The molecule has 2 amide bonds. The minimum absolute atomic E-state index is 0.0236. The number of urea groups is 1. The Morgan fingerprint density at radius 3 is 2.92 bits per heavy atom. The van der Waals surface area contributed by atoms with Crippen LogP contribution in [0.25, 0.3) is 5.82 Å². The Bertz CT molecular complexity index is 928. The van der Waals surface area contributed by atoms with Crippen molar-refractivity contribution in [2.45, 2.75) is 33.4 Å². The number of hydrogen-bond acceptors (Lipinski definition) is 4. The number of rotatable bonds is 3. The van der Waals surface area contributed by atoms with Crippen LogP contribution >= 0.6 is 11.3 Å². The third-order valence-electron chi connectivity index (χ3n) is 4.57. The smallest absolute Gasteiger partial charge is 0.317 e. The molecule has 4 rings (SSSR count). The lowest BCUT2D eigenvalue weighted by molar-refractivity contribution is 0.192. The molecule has 0 spiro atoms. The molecule has 0 unspecified atom stereocenters. The molecule has 4 heterocycles. The summed E-state index contributed by atoms with van der Waals surface area (Å²) in [5, 5.41) is 9.53. The summed E-state index contributed by atoms with van der Waals surface area (Å²) in [6, 6.07) is 8.02. The molecule has 1 aliphatic rings. The van der Waals surface area contributed by atoms with Crippen molar-refractivity contribution in [3.8, 4) is 5.82 Å². The van der Waals surface area contributed by atoms with Gasteiger partial charge in [0.2, 0.25) is 0 Å². The number of carbonyl (C=O) groups is 1. The molecule has 7 heteroatoms. The van der Waals surface area contributed by atoms with E-state index in [1.165, 1.54) is 10.4 Å². The van der Waals surface area contributed by atoms with Crippen LogP contribution in [-0.4, -0.2) is 32.2 Å². The maximum atomic E-state index is 12.4. The van der Waals surface area contributed by atoms with E-state index in [1.807, 2.05) is 41.6 Å². The third kappa shape index (κ3) is 3.35. The Morgan fingerprint density at radius 1 is 1.31 bits per heavy atom. The number of hydrogen-bond donors (Lipinski definition) is 1.